The highest BCUT2D eigenvalue weighted by molar-refractivity contribution is 5.78. The number of nitrogens with zero attached hydrogens (tertiary/aromatic N) is 3. The molecule has 1 saturated heterocycles. The monoisotopic (exact) mass is 425 g/mol. The third-order valence-corrected chi connectivity index (χ3v) is 5.87. The summed E-state index contributed by atoms with van der Waals surface area (Å²) in [6, 6.07) is 14.5. The average Bonchev–Trinajstić information content (AvgIpc) is 2.78. The summed E-state index contributed by atoms with van der Waals surface area (Å²) >= 11 is 0. The van der Waals surface area contributed by atoms with E-state index in [1.54, 1.807) is 14.2 Å². The molecule has 1 heterocycles. The Hall–Kier alpha value is -2.57. The maximum Gasteiger partial charge on any atom is 0.237 e. The molecule has 6 nitrogen and oxygen atoms in total. The van der Waals surface area contributed by atoms with Crippen LogP contribution in [0.2, 0.25) is 0 Å². The van der Waals surface area contributed by atoms with E-state index >= 15 is 0 Å². The van der Waals surface area contributed by atoms with Crippen LogP contribution in [0.15, 0.2) is 42.5 Å². The van der Waals surface area contributed by atoms with Gasteiger partial charge in [-0.2, -0.15) is 0 Å². The van der Waals surface area contributed by atoms with Crippen LogP contribution in [0.4, 0.5) is 0 Å². The zero-order valence-corrected chi connectivity index (χ0v) is 19.3. The molecular formula is C25H35N3O3. The van der Waals surface area contributed by atoms with Gasteiger partial charge in [-0.15, -0.1) is 0 Å². The number of benzene rings is 2. The Kier molecular flexibility index (Phi) is 8.32. The average molecular weight is 426 g/mol. The molecule has 168 valence electrons. The molecule has 1 aliphatic heterocycles. The van der Waals surface area contributed by atoms with E-state index in [9.17, 15) is 4.79 Å². The highest BCUT2D eigenvalue weighted by atomic mass is 16.5. The number of likely N-dealkylation sites (N-methyl/N-ethyl adjacent to an activating group) is 1. The number of aryl methyl sites for hydroxylation is 1. The number of rotatable bonds is 9. The van der Waals surface area contributed by atoms with Crippen molar-refractivity contribution in [3.05, 3.63) is 59.2 Å². The summed E-state index contributed by atoms with van der Waals surface area (Å²) in [6.45, 7) is 10.7. The third-order valence-electron chi connectivity index (χ3n) is 5.87. The van der Waals surface area contributed by atoms with Gasteiger partial charge in [0.2, 0.25) is 5.91 Å². The van der Waals surface area contributed by atoms with Crippen LogP contribution in [0.25, 0.3) is 0 Å². The fourth-order valence-electron chi connectivity index (χ4n) is 4.04. The fraction of sp³-hybridized carbons (Fsp3) is 0.480. The minimum absolute atomic E-state index is 0.171. The van der Waals surface area contributed by atoms with Crippen molar-refractivity contribution in [1.82, 2.24) is 14.7 Å². The van der Waals surface area contributed by atoms with Gasteiger partial charge in [-0.1, -0.05) is 35.9 Å². The lowest BCUT2D eigenvalue weighted by Crippen LogP contribution is -2.49. The van der Waals surface area contributed by atoms with E-state index in [1.165, 1.54) is 11.1 Å². The van der Waals surface area contributed by atoms with Crippen molar-refractivity contribution in [1.29, 1.82) is 0 Å². The number of ether oxygens (including phenoxy) is 2. The number of hydrogen-bond donors (Lipinski definition) is 0. The number of carbonyl (C=O) groups is 1. The van der Waals surface area contributed by atoms with Crippen LogP contribution in [-0.4, -0.2) is 74.1 Å². The molecule has 0 aromatic heterocycles. The van der Waals surface area contributed by atoms with E-state index in [0.29, 0.717) is 31.1 Å². The van der Waals surface area contributed by atoms with Crippen LogP contribution in [0, 0.1) is 6.92 Å². The quantitative estimate of drug-likeness (QED) is 0.618. The van der Waals surface area contributed by atoms with E-state index in [2.05, 4.69) is 41.0 Å². The van der Waals surface area contributed by atoms with Crippen molar-refractivity contribution in [2.45, 2.75) is 26.9 Å². The summed E-state index contributed by atoms with van der Waals surface area (Å²) in [4.78, 5) is 19.6. The molecular weight excluding hydrogens is 390 g/mol. The standard InChI is InChI=1S/C25H35N3O3/c1-5-28(18-22-9-10-23(30-3)24(16-22)31-4)25(29)19-27-13-11-26(12-14-27)17-21-8-6-7-20(2)15-21/h6-10,15-16H,5,11-14,17-19H2,1-4H3. The van der Waals surface area contributed by atoms with Gasteiger partial charge in [0.25, 0.3) is 0 Å². The fourth-order valence-corrected chi connectivity index (χ4v) is 4.04. The van der Waals surface area contributed by atoms with E-state index in [-0.39, 0.29) is 5.91 Å². The predicted molar refractivity (Wildman–Crippen MR) is 124 cm³/mol. The van der Waals surface area contributed by atoms with Gasteiger partial charge < -0.3 is 14.4 Å². The van der Waals surface area contributed by atoms with Crippen LogP contribution < -0.4 is 9.47 Å². The zero-order chi connectivity index (χ0) is 22.2. The van der Waals surface area contributed by atoms with Gasteiger partial charge in [-0.05, 0) is 37.1 Å². The van der Waals surface area contributed by atoms with Gasteiger partial charge in [0, 0.05) is 45.8 Å². The first-order valence-corrected chi connectivity index (χ1v) is 11.0. The number of hydrogen-bond acceptors (Lipinski definition) is 5. The first kappa shape index (κ1) is 23.1. The van der Waals surface area contributed by atoms with Gasteiger partial charge in [0.15, 0.2) is 11.5 Å². The minimum Gasteiger partial charge on any atom is -0.493 e. The highest BCUT2D eigenvalue weighted by Crippen LogP contribution is 2.28. The second-order valence-corrected chi connectivity index (χ2v) is 8.14. The number of amides is 1. The maximum atomic E-state index is 12.9. The summed E-state index contributed by atoms with van der Waals surface area (Å²) in [5, 5.41) is 0. The lowest BCUT2D eigenvalue weighted by Gasteiger charge is -2.35. The van der Waals surface area contributed by atoms with E-state index in [4.69, 9.17) is 9.47 Å². The summed E-state index contributed by atoms with van der Waals surface area (Å²) in [6.07, 6.45) is 0. The van der Waals surface area contributed by atoms with Gasteiger partial charge in [0.1, 0.15) is 0 Å². The molecule has 2 aromatic rings. The Morgan fingerprint density at radius 2 is 1.65 bits per heavy atom. The molecule has 3 rings (SSSR count). The molecule has 2 aromatic carbocycles. The molecule has 0 spiro atoms. The third kappa shape index (κ3) is 6.45. The molecule has 0 bridgehead atoms. The minimum atomic E-state index is 0.171. The van der Waals surface area contributed by atoms with E-state index in [0.717, 1.165) is 38.3 Å². The number of carbonyl (C=O) groups excluding carboxylic acids is 1. The highest BCUT2D eigenvalue weighted by Gasteiger charge is 2.22. The SMILES string of the molecule is CCN(Cc1ccc(OC)c(OC)c1)C(=O)CN1CCN(Cc2cccc(C)c2)CC1. The Morgan fingerprint density at radius 1 is 0.935 bits per heavy atom. The summed E-state index contributed by atoms with van der Waals surface area (Å²) in [7, 11) is 3.25. The lowest BCUT2D eigenvalue weighted by atomic mass is 10.1. The maximum absolute atomic E-state index is 12.9. The molecule has 1 amide bonds. The number of methoxy groups -OCH3 is 2. The van der Waals surface area contributed by atoms with E-state index in [1.807, 2.05) is 30.0 Å². The van der Waals surface area contributed by atoms with E-state index < -0.39 is 0 Å². The van der Waals surface area contributed by atoms with Crippen molar-refractivity contribution < 1.29 is 14.3 Å². The molecule has 0 N–H and O–H groups in total. The van der Waals surface area contributed by atoms with Crippen molar-refractivity contribution >= 4 is 5.91 Å². The largest absolute Gasteiger partial charge is 0.493 e. The molecule has 31 heavy (non-hydrogen) atoms. The van der Waals surface area contributed by atoms with Crippen LogP contribution >= 0.6 is 0 Å². The Labute approximate surface area is 186 Å². The Morgan fingerprint density at radius 3 is 2.29 bits per heavy atom. The van der Waals surface area contributed by atoms with Gasteiger partial charge in [0.05, 0.1) is 20.8 Å². The molecule has 1 fully saturated rings. The zero-order valence-electron chi connectivity index (χ0n) is 19.3. The smallest absolute Gasteiger partial charge is 0.237 e. The van der Waals surface area contributed by atoms with Crippen molar-refractivity contribution in [3.63, 3.8) is 0 Å². The molecule has 0 unspecified atom stereocenters. The molecule has 0 radical (unpaired) electrons. The predicted octanol–water partition coefficient (Wildman–Crippen LogP) is 3.18. The molecule has 0 saturated carbocycles. The Bertz CT molecular complexity index is 863. The first-order chi connectivity index (χ1) is 15.0. The van der Waals surface area contributed by atoms with Crippen LogP contribution in [-0.2, 0) is 17.9 Å². The van der Waals surface area contributed by atoms with Crippen molar-refractivity contribution in [3.8, 4) is 11.5 Å². The van der Waals surface area contributed by atoms with Crippen molar-refractivity contribution in [2.75, 3.05) is 53.5 Å². The first-order valence-electron chi connectivity index (χ1n) is 11.0. The second-order valence-electron chi connectivity index (χ2n) is 8.14. The molecule has 0 aliphatic carbocycles. The van der Waals surface area contributed by atoms with Crippen molar-refractivity contribution in [2.24, 2.45) is 0 Å². The molecule has 6 heteroatoms. The summed E-state index contributed by atoms with van der Waals surface area (Å²) in [5.41, 5.74) is 3.70. The lowest BCUT2D eigenvalue weighted by molar-refractivity contribution is -0.133. The van der Waals surface area contributed by atoms with Gasteiger partial charge in [-0.3, -0.25) is 14.6 Å². The normalized spacial score (nSPS) is 15.0. The van der Waals surface area contributed by atoms with Crippen LogP contribution in [0.5, 0.6) is 11.5 Å². The van der Waals surface area contributed by atoms with Gasteiger partial charge >= 0.3 is 0 Å². The number of piperazine rings is 1. The molecule has 1 aliphatic rings. The second kappa shape index (κ2) is 11.2. The topological polar surface area (TPSA) is 45.3 Å². The molecule has 0 atom stereocenters. The van der Waals surface area contributed by atoms with Gasteiger partial charge in [-0.25, -0.2) is 0 Å². The Balaban J connectivity index is 1.50. The van der Waals surface area contributed by atoms with Crippen LogP contribution in [0.1, 0.15) is 23.6 Å². The summed E-state index contributed by atoms with van der Waals surface area (Å²) in [5.74, 6) is 1.56. The summed E-state index contributed by atoms with van der Waals surface area (Å²) < 4.78 is 10.7. The van der Waals surface area contributed by atoms with Crippen LogP contribution in [0.3, 0.4) is 0 Å².